The third-order valence-electron chi connectivity index (χ3n) is 11.4. The quantitative estimate of drug-likeness (QED) is 0.0424. The molecule has 1 aromatic heterocycles. The van der Waals surface area contributed by atoms with Crippen molar-refractivity contribution in [1.82, 2.24) is 4.98 Å². The van der Waals surface area contributed by atoms with Gasteiger partial charge in [0.1, 0.15) is 45.9 Å². The van der Waals surface area contributed by atoms with Crippen molar-refractivity contribution < 1.29 is 64.5 Å². The Morgan fingerprint density at radius 2 is 1.04 bits per heavy atom. The van der Waals surface area contributed by atoms with E-state index in [4.69, 9.17) is 20.4 Å². The molecule has 0 spiro atoms. The SMILES string of the molecule is CC(=O)c1cc(Br)ccc1O.CC(=O)c1cc(O)ccc1O.Cc1ccc(O)c(C=O)c1.O=Cc1cc(-c2ccccc2)ccc1O.O=Cc1cc(C2CCCCC2)c(O)cc1O.O=Cc1ccc2ccccc2n1. The van der Waals surface area contributed by atoms with Crippen LogP contribution in [0.25, 0.3) is 22.0 Å². The Hall–Kier alpha value is -8.95. The Labute approximate surface area is 442 Å². The number of carbonyl (C=O) groups is 6. The van der Waals surface area contributed by atoms with Gasteiger partial charge in [-0.1, -0.05) is 107 Å². The molecule has 0 atom stereocenters. The number of aromatic hydroxyl groups is 7. The normalized spacial score (nSPS) is 11.3. The lowest BCUT2D eigenvalue weighted by Crippen LogP contribution is -2.05. The Bertz CT molecular complexity index is 3180. The number of nitrogens with zero attached hydrogens (tertiary/aromatic N) is 1. The van der Waals surface area contributed by atoms with Crippen molar-refractivity contribution in [2.45, 2.75) is 58.8 Å². The third kappa shape index (κ3) is 18.2. The first-order chi connectivity index (χ1) is 35.9. The van der Waals surface area contributed by atoms with Crippen LogP contribution in [0.1, 0.15) is 125 Å². The van der Waals surface area contributed by atoms with Gasteiger partial charge in [-0.25, -0.2) is 4.98 Å². The number of rotatable bonds is 8. The van der Waals surface area contributed by atoms with Crippen LogP contribution in [0.4, 0.5) is 0 Å². The molecule has 15 heteroatoms. The predicted molar refractivity (Wildman–Crippen MR) is 291 cm³/mol. The van der Waals surface area contributed by atoms with Crippen molar-refractivity contribution in [3.63, 3.8) is 0 Å². The number of hydrogen-bond donors (Lipinski definition) is 7. The molecule has 1 aliphatic rings. The maximum absolute atomic E-state index is 10.8. The average molecular weight is 1080 g/mol. The first-order valence-corrected chi connectivity index (χ1v) is 24.1. The molecule has 0 bridgehead atoms. The number of pyridine rings is 1. The number of para-hydroxylation sites is 1. The molecule has 386 valence electrons. The molecular formula is C60H56BrNO13. The number of benzene rings is 7. The van der Waals surface area contributed by atoms with E-state index >= 15 is 0 Å². The highest BCUT2D eigenvalue weighted by molar-refractivity contribution is 9.10. The second kappa shape index (κ2) is 29.5. The largest absolute Gasteiger partial charge is 0.508 e. The van der Waals surface area contributed by atoms with Crippen LogP contribution in [0.2, 0.25) is 0 Å². The summed E-state index contributed by atoms with van der Waals surface area (Å²) in [5.41, 5.74) is 6.49. The first-order valence-electron chi connectivity index (χ1n) is 23.3. The van der Waals surface area contributed by atoms with Crippen LogP contribution in [0, 0.1) is 6.92 Å². The van der Waals surface area contributed by atoms with E-state index < -0.39 is 0 Å². The number of Topliss-reactive ketones (excluding diaryl/α,β-unsaturated/α-hetero) is 2. The summed E-state index contributed by atoms with van der Waals surface area (Å²) in [6.07, 6.45) is 8.36. The van der Waals surface area contributed by atoms with Crippen molar-refractivity contribution in [3.8, 4) is 51.4 Å². The highest BCUT2D eigenvalue weighted by Gasteiger charge is 2.20. The zero-order valence-electron chi connectivity index (χ0n) is 41.3. The molecule has 75 heavy (non-hydrogen) atoms. The van der Waals surface area contributed by atoms with Crippen LogP contribution >= 0.6 is 15.9 Å². The lowest BCUT2D eigenvalue weighted by Gasteiger charge is -2.23. The zero-order valence-corrected chi connectivity index (χ0v) is 42.8. The van der Waals surface area contributed by atoms with Gasteiger partial charge in [0.25, 0.3) is 0 Å². The van der Waals surface area contributed by atoms with E-state index in [0.717, 1.165) is 56.8 Å². The first kappa shape index (κ1) is 58.6. The fraction of sp³-hybridized carbons (Fsp3) is 0.150. The monoisotopic (exact) mass is 1080 g/mol. The van der Waals surface area contributed by atoms with Crippen LogP contribution in [0.5, 0.6) is 40.2 Å². The van der Waals surface area contributed by atoms with Gasteiger partial charge < -0.3 is 35.7 Å². The molecule has 1 fully saturated rings. The predicted octanol–water partition coefficient (Wildman–Crippen LogP) is 13.0. The maximum Gasteiger partial charge on any atom is 0.168 e. The molecule has 0 amide bonds. The summed E-state index contributed by atoms with van der Waals surface area (Å²) >= 11 is 3.20. The van der Waals surface area contributed by atoms with Gasteiger partial charge in [0.05, 0.1) is 33.3 Å². The summed E-state index contributed by atoms with van der Waals surface area (Å²) in [6.45, 7) is 4.61. The second-order valence-electron chi connectivity index (χ2n) is 16.9. The van der Waals surface area contributed by atoms with E-state index in [1.807, 2.05) is 67.6 Å². The Morgan fingerprint density at radius 1 is 0.493 bits per heavy atom. The van der Waals surface area contributed by atoms with Gasteiger partial charge in [-0.2, -0.15) is 0 Å². The van der Waals surface area contributed by atoms with Gasteiger partial charge in [0, 0.05) is 15.9 Å². The van der Waals surface area contributed by atoms with Crippen molar-refractivity contribution >= 4 is 63.5 Å². The molecule has 9 rings (SSSR count). The van der Waals surface area contributed by atoms with Gasteiger partial charge in [0.15, 0.2) is 36.7 Å². The number of aryl methyl sites for hydroxylation is 1. The molecule has 7 aromatic carbocycles. The van der Waals surface area contributed by atoms with Crippen molar-refractivity contribution in [2.24, 2.45) is 0 Å². The number of aldehydes is 4. The molecule has 7 N–H and O–H groups in total. The smallest absolute Gasteiger partial charge is 0.168 e. The van der Waals surface area contributed by atoms with Crippen molar-refractivity contribution in [1.29, 1.82) is 0 Å². The fourth-order valence-electron chi connectivity index (χ4n) is 7.42. The highest BCUT2D eigenvalue weighted by Crippen LogP contribution is 2.39. The Balaban J connectivity index is 0.000000196. The number of phenolic OH excluding ortho intramolecular Hbond substituents is 7. The number of hydrogen-bond acceptors (Lipinski definition) is 14. The van der Waals surface area contributed by atoms with E-state index in [0.29, 0.717) is 47.2 Å². The molecule has 0 aliphatic heterocycles. The molecule has 0 unspecified atom stereocenters. The van der Waals surface area contributed by atoms with Crippen molar-refractivity contribution in [2.75, 3.05) is 0 Å². The van der Waals surface area contributed by atoms with E-state index in [2.05, 4.69) is 20.9 Å². The van der Waals surface area contributed by atoms with Crippen LogP contribution in [-0.2, 0) is 0 Å². The summed E-state index contributed by atoms with van der Waals surface area (Å²) in [6, 6.07) is 42.4. The minimum absolute atomic E-state index is 0.0182. The van der Waals surface area contributed by atoms with Crippen LogP contribution in [0.3, 0.4) is 0 Å². The second-order valence-corrected chi connectivity index (χ2v) is 17.8. The lowest BCUT2D eigenvalue weighted by atomic mass is 9.83. The lowest BCUT2D eigenvalue weighted by molar-refractivity contribution is 0.100. The zero-order chi connectivity index (χ0) is 55.0. The highest BCUT2D eigenvalue weighted by atomic mass is 79.9. The van der Waals surface area contributed by atoms with Crippen molar-refractivity contribution in [3.05, 3.63) is 201 Å². The molecule has 1 aliphatic carbocycles. The number of fused-ring (bicyclic) bond motifs is 1. The number of ketones is 2. The Kier molecular flexibility index (Phi) is 23.1. The van der Waals surface area contributed by atoms with Gasteiger partial charge in [-0.15, -0.1) is 0 Å². The van der Waals surface area contributed by atoms with E-state index in [1.165, 1.54) is 75.6 Å². The van der Waals surface area contributed by atoms with Crippen LogP contribution in [0.15, 0.2) is 156 Å². The molecule has 1 heterocycles. The molecular weight excluding hydrogens is 1020 g/mol. The summed E-state index contributed by atoms with van der Waals surface area (Å²) in [5.74, 6) is -0.147. The number of carbonyl (C=O) groups excluding carboxylic acids is 6. The fourth-order valence-corrected chi connectivity index (χ4v) is 7.78. The molecule has 0 saturated heterocycles. The third-order valence-corrected chi connectivity index (χ3v) is 11.9. The summed E-state index contributed by atoms with van der Waals surface area (Å²) in [7, 11) is 0. The summed E-state index contributed by atoms with van der Waals surface area (Å²) in [4.78, 5) is 67.7. The number of phenols is 7. The molecule has 0 radical (unpaired) electrons. The number of aromatic nitrogens is 1. The van der Waals surface area contributed by atoms with Gasteiger partial charge in [0.2, 0.25) is 0 Å². The summed E-state index contributed by atoms with van der Waals surface area (Å²) in [5, 5.41) is 65.8. The van der Waals surface area contributed by atoms with Gasteiger partial charge in [-0.3, -0.25) is 28.8 Å². The molecule has 1 saturated carbocycles. The average Bonchev–Trinajstić information content (AvgIpc) is 3.42. The minimum atomic E-state index is -0.265. The standard InChI is InChI=1S/C13H16O3.C13H10O2.C10H7NO.C8H7BrO2.C8H8O3.C8H8O2/c14-8-10-6-11(13(16)7-12(10)15)9-4-2-1-3-5-9;14-9-12-8-11(6-7-13(12)15)10-4-2-1-3-5-10;12-7-9-6-5-8-3-1-2-4-10(8)11-9;1-5(10)7-4-6(9)2-3-8(7)11;1-5(9)7-4-6(10)2-3-8(7)11;1-6-2-3-8(10)7(4-6)5-9/h6-9,15-16H,1-5H2;1-9,15H;1-7H;2-4,11H,1H3;2-4,10-11H,1H3;2-5,10H,1H3. The van der Waals surface area contributed by atoms with E-state index in [1.54, 1.807) is 48.5 Å². The summed E-state index contributed by atoms with van der Waals surface area (Å²) < 4.78 is 0.792. The van der Waals surface area contributed by atoms with Gasteiger partial charge >= 0.3 is 0 Å². The minimum Gasteiger partial charge on any atom is -0.508 e. The molecule has 8 aromatic rings. The maximum atomic E-state index is 10.8. The topological polar surface area (TPSA) is 257 Å². The van der Waals surface area contributed by atoms with Gasteiger partial charge in [-0.05, 0) is 135 Å². The van der Waals surface area contributed by atoms with Crippen LogP contribution < -0.4 is 0 Å². The van der Waals surface area contributed by atoms with Crippen LogP contribution in [-0.4, -0.2) is 77.4 Å². The molecule has 14 nitrogen and oxygen atoms in total. The Morgan fingerprint density at radius 3 is 1.61 bits per heavy atom. The van der Waals surface area contributed by atoms with E-state index in [-0.39, 0.29) is 62.9 Å². The van der Waals surface area contributed by atoms with E-state index in [9.17, 15) is 44.1 Å². The number of halogens is 1.